The van der Waals surface area contributed by atoms with Crippen molar-refractivity contribution in [2.45, 2.75) is 19.4 Å². The fraction of sp³-hybridized carbons (Fsp3) is 0.500. The molecule has 1 aromatic carbocycles. The van der Waals surface area contributed by atoms with E-state index in [1.165, 1.54) is 0 Å². The van der Waals surface area contributed by atoms with Crippen molar-refractivity contribution in [2.24, 2.45) is 0 Å². The van der Waals surface area contributed by atoms with Crippen LogP contribution in [0.15, 0.2) is 12.1 Å². The number of hydrogen-bond acceptors (Lipinski definition) is 4. The van der Waals surface area contributed by atoms with E-state index in [-0.39, 0.29) is 6.79 Å². The second kappa shape index (κ2) is 4.72. The number of hydrogen-bond donors (Lipinski definition) is 2. The van der Waals surface area contributed by atoms with E-state index in [4.69, 9.17) is 9.47 Å². The molecule has 0 amide bonds. The van der Waals surface area contributed by atoms with E-state index in [2.05, 4.69) is 5.32 Å². The summed E-state index contributed by atoms with van der Waals surface area (Å²) in [6, 6.07) is 3.77. The first-order chi connectivity index (χ1) is 7.77. The van der Waals surface area contributed by atoms with Crippen molar-refractivity contribution in [3.05, 3.63) is 23.3 Å². The Morgan fingerprint density at radius 1 is 1.44 bits per heavy atom. The Bertz CT molecular complexity index is 379. The quantitative estimate of drug-likeness (QED) is 0.806. The maximum Gasteiger partial charge on any atom is 0.231 e. The fourth-order valence-corrected chi connectivity index (χ4v) is 2.03. The molecular formula is C12H17NO3. The predicted molar refractivity (Wildman–Crippen MR) is 60.8 cm³/mol. The summed E-state index contributed by atoms with van der Waals surface area (Å²) in [5.41, 5.74) is 1.96. The van der Waals surface area contributed by atoms with Gasteiger partial charge in [0.1, 0.15) is 0 Å². The molecule has 0 spiro atoms. The lowest BCUT2D eigenvalue weighted by molar-refractivity contribution is 0.170. The van der Waals surface area contributed by atoms with Crippen LogP contribution in [0, 0.1) is 0 Å². The van der Waals surface area contributed by atoms with Crippen molar-refractivity contribution < 1.29 is 14.6 Å². The van der Waals surface area contributed by atoms with Gasteiger partial charge in [-0.3, -0.25) is 0 Å². The highest BCUT2D eigenvalue weighted by Gasteiger charge is 2.22. The zero-order chi connectivity index (χ0) is 11.5. The van der Waals surface area contributed by atoms with Gasteiger partial charge in [-0.25, -0.2) is 0 Å². The van der Waals surface area contributed by atoms with Crippen molar-refractivity contribution in [1.82, 2.24) is 5.32 Å². The molecule has 1 aromatic rings. The molecule has 0 radical (unpaired) electrons. The van der Waals surface area contributed by atoms with Gasteiger partial charge < -0.3 is 19.9 Å². The second-order valence-corrected chi connectivity index (χ2v) is 3.79. The van der Waals surface area contributed by atoms with E-state index in [1.807, 2.05) is 26.1 Å². The summed E-state index contributed by atoms with van der Waals surface area (Å²) in [7, 11) is 1.82. The monoisotopic (exact) mass is 223 g/mol. The van der Waals surface area contributed by atoms with Gasteiger partial charge in [0.2, 0.25) is 6.79 Å². The molecule has 2 rings (SSSR count). The smallest absolute Gasteiger partial charge is 0.231 e. The van der Waals surface area contributed by atoms with Gasteiger partial charge in [-0.2, -0.15) is 0 Å². The van der Waals surface area contributed by atoms with E-state index >= 15 is 0 Å². The summed E-state index contributed by atoms with van der Waals surface area (Å²) in [6.45, 7) is 2.85. The molecule has 1 aliphatic rings. The SMILES string of the molecule is CCc1c(C(O)CNC)ccc2c1OCO2. The first-order valence-corrected chi connectivity index (χ1v) is 5.52. The summed E-state index contributed by atoms with van der Waals surface area (Å²) in [5.74, 6) is 1.56. The van der Waals surface area contributed by atoms with Gasteiger partial charge in [0.05, 0.1) is 6.10 Å². The first kappa shape index (κ1) is 11.2. The topological polar surface area (TPSA) is 50.7 Å². The van der Waals surface area contributed by atoms with Crippen LogP contribution in [-0.2, 0) is 6.42 Å². The van der Waals surface area contributed by atoms with E-state index < -0.39 is 6.10 Å². The molecule has 88 valence electrons. The van der Waals surface area contributed by atoms with Crippen LogP contribution in [-0.4, -0.2) is 25.5 Å². The molecule has 0 saturated heterocycles. The summed E-state index contributed by atoms with van der Waals surface area (Å²) < 4.78 is 10.8. The van der Waals surface area contributed by atoms with Gasteiger partial charge >= 0.3 is 0 Å². The van der Waals surface area contributed by atoms with Crippen LogP contribution in [0.3, 0.4) is 0 Å². The van der Waals surface area contributed by atoms with E-state index in [0.29, 0.717) is 6.54 Å². The molecule has 0 fully saturated rings. The van der Waals surface area contributed by atoms with Crippen LogP contribution in [0.2, 0.25) is 0 Å². The summed E-state index contributed by atoms with van der Waals surface area (Å²) in [6.07, 6.45) is 0.317. The molecule has 1 heterocycles. The largest absolute Gasteiger partial charge is 0.454 e. The molecule has 1 atom stereocenters. The third-order valence-corrected chi connectivity index (χ3v) is 2.79. The van der Waals surface area contributed by atoms with Crippen LogP contribution in [0.25, 0.3) is 0 Å². The number of likely N-dealkylation sites (N-methyl/N-ethyl adjacent to an activating group) is 1. The van der Waals surface area contributed by atoms with Crippen molar-refractivity contribution in [3.8, 4) is 11.5 Å². The van der Waals surface area contributed by atoms with Crippen LogP contribution >= 0.6 is 0 Å². The predicted octanol–water partition coefficient (Wildman–Crippen LogP) is 1.23. The Balaban J connectivity index is 2.38. The highest BCUT2D eigenvalue weighted by molar-refractivity contribution is 5.52. The number of benzene rings is 1. The number of ether oxygens (including phenoxy) is 2. The third-order valence-electron chi connectivity index (χ3n) is 2.79. The maximum absolute atomic E-state index is 10.0. The van der Waals surface area contributed by atoms with Crippen molar-refractivity contribution >= 4 is 0 Å². The summed E-state index contributed by atoms with van der Waals surface area (Å²) in [4.78, 5) is 0. The van der Waals surface area contributed by atoms with Gasteiger partial charge in [-0.1, -0.05) is 13.0 Å². The number of aliphatic hydroxyl groups is 1. The standard InChI is InChI=1S/C12H17NO3/c1-3-8-9(10(14)6-13-2)4-5-11-12(8)16-7-15-11/h4-5,10,13-14H,3,6-7H2,1-2H3. The van der Waals surface area contributed by atoms with Crippen molar-refractivity contribution in [2.75, 3.05) is 20.4 Å². The fourth-order valence-electron chi connectivity index (χ4n) is 2.03. The number of nitrogens with one attached hydrogen (secondary N) is 1. The molecule has 2 N–H and O–H groups in total. The molecular weight excluding hydrogens is 206 g/mol. The van der Waals surface area contributed by atoms with Gasteiger partial charge in [0, 0.05) is 12.1 Å². The van der Waals surface area contributed by atoms with E-state index in [1.54, 1.807) is 0 Å². The average molecular weight is 223 g/mol. The average Bonchev–Trinajstić information content (AvgIpc) is 2.75. The lowest BCUT2D eigenvalue weighted by Crippen LogP contribution is -2.18. The normalized spacial score (nSPS) is 15.2. The number of fused-ring (bicyclic) bond motifs is 1. The Hall–Kier alpha value is -1.26. The van der Waals surface area contributed by atoms with Crippen LogP contribution < -0.4 is 14.8 Å². The van der Waals surface area contributed by atoms with E-state index in [9.17, 15) is 5.11 Å². The van der Waals surface area contributed by atoms with Gasteiger partial charge in [-0.05, 0) is 25.1 Å². The molecule has 0 aromatic heterocycles. The summed E-state index contributed by atoms with van der Waals surface area (Å²) >= 11 is 0. The summed E-state index contributed by atoms with van der Waals surface area (Å²) in [5, 5.41) is 13.0. The molecule has 1 unspecified atom stereocenters. The molecule has 0 bridgehead atoms. The van der Waals surface area contributed by atoms with E-state index in [0.717, 1.165) is 29.0 Å². The Labute approximate surface area is 95.2 Å². The van der Waals surface area contributed by atoms with Crippen LogP contribution in [0.5, 0.6) is 11.5 Å². The number of aliphatic hydroxyl groups excluding tert-OH is 1. The Morgan fingerprint density at radius 3 is 2.94 bits per heavy atom. The van der Waals surface area contributed by atoms with Crippen molar-refractivity contribution in [1.29, 1.82) is 0 Å². The highest BCUT2D eigenvalue weighted by Crippen LogP contribution is 2.39. The molecule has 16 heavy (non-hydrogen) atoms. The van der Waals surface area contributed by atoms with Crippen molar-refractivity contribution in [3.63, 3.8) is 0 Å². The second-order valence-electron chi connectivity index (χ2n) is 3.79. The minimum absolute atomic E-state index is 0.272. The zero-order valence-corrected chi connectivity index (χ0v) is 9.62. The molecule has 0 saturated carbocycles. The van der Waals surface area contributed by atoms with Crippen LogP contribution in [0.1, 0.15) is 24.2 Å². The van der Waals surface area contributed by atoms with Crippen LogP contribution in [0.4, 0.5) is 0 Å². The van der Waals surface area contributed by atoms with Gasteiger partial charge in [-0.15, -0.1) is 0 Å². The Kier molecular flexibility index (Phi) is 3.31. The first-order valence-electron chi connectivity index (χ1n) is 5.52. The minimum Gasteiger partial charge on any atom is -0.454 e. The highest BCUT2D eigenvalue weighted by atomic mass is 16.7. The molecule has 4 heteroatoms. The Morgan fingerprint density at radius 2 is 2.25 bits per heavy atom. The molecule has 1 aliphatic heterocycles. The van der Waals surface area contributed by atoms with Gasteiger partial charge in [0.15, 0.2) is 11.5 Å². The number of rotatable bonds is 4. The minimum atomic E-state index is -0.505. The lowest BCUT2D eigenvalue weighted by Gasteiger charge is -2.16. The molecule has 4 nitrogen and oxygen atoms in total. The molecule has 0 aliphatic carbocycles. The maximum atomic E-state index is 10.0. The third kappa shape index (κ3) is 1.86. The lowest BCUT2D eigenvalue weighted by atomic mass is 9.99. The zero-order valence-electron chi connectivity index (χ0n) is 9.62. The van der Waals surface area contributed by atoms with Gasteiger partial charge in [0.25, 0.3) is 0 Å².